The van der Waals surface area contributed by atoms with E-state index in [4.69, 9.17) is 4.42 Å². The molecule has 202 valence electrons. The van der Waals surface area contributed by atoms with Crippen molar-refractivity contribution in [1.82, 2.24) is 9.55 Å². The molecule has 0 radical (unpaired) electrons. The molecule has 6 rings (SSSR count). The number of carbonyl (C=O) groups excluding carboxylic acids is 1. The molecule has 5 aromatic rings. The summed E-state index contributed by atoms with van der Waals surface area (Å²) in [4.78, 5) is 17.9. The fourth-order valence-electron chi connectivity index (χ4n) is 5.65. The lowest BCUT2D eigenvalue weighted by Gasteiger charge is -2.26. The molecule has 1 N–H and O–H groups in total. The van der Waals surface area contributed by atoms with Gasteiger partial charge in [0.25, 0.3) is 5.91 Å². The van der Waals surface area contributed by atoms with Crippen LogP contribution in [0.2, 0.25) is 0 Å². The van der Waals surface area contributed by atoms with Gasteiger partial charge in [-0.3, -0.25) is 4.79 Å². The third-order valence-electron chi connectivity index (χ3n) is 8.05. The SMILES string of the molecule is CC(C)(c1ccccc1)c1ccc(NC(=O)c2ccc(-c3c(-c4ccc(F)cc4)ncn3C3CCCC3)o2)cc1. The average molecular weight is 534 g/mol. The molecule has 0 spiro atoms. The number of hydrogen-bond acceptors (Lipinski definition) is 3. The summed E-state index contributed by atoms with van der Waals surface area (Å²) in [6, 6.07) is 28.4. The Labute approximate surface area is 233 Å². The summed E-state index contributed by atoms with van der Waals surface area (Å²) in [6.45, 7) is 4.38. The van der Waals surface area contributed by atoms with Gasteiger partial charge in [0, 0.05) is 22.7 Å². The second kappa shape index (κ2) is 10.6. The minimum atomic E-state index is -0.323. The van der Waals surface area contributed by atoms with Crippen molar-refractivity contribution in [1.29, 1.82) is 0 Å². The zero-order chi connectivity index (χ0) is 27.7. The smallest absolute Gasteiger partial charge is 0.291 e. The summed E-state index contributed by atoms with van der Waals surface area (Å²) >= 11 is 0. The van der Waals surface area contributed by atoms with Crippen molar-refractivity contribution in [3.05, 3.63) is 120 Å². The van der Waals surface area contributed by atoms with Crippen LogP contribution in [0.3, 0.4) is 0 Å². The van der Waals surface area contributed by atoms with Crippen LogP contribution in [0.4, 0.5) is 10.1 Å². The molecule has 2 aromatic heterocycles. The lowest BCUT2D eigenvalue weighted by Crippen LogP contribution is -2.19. The summed E-state index contributed by atoms with van der Waals surface area (Å²) in [7, 11) is 0. The Kier molecular flexibility index (Phi) is 6.84. The summed E-state index contributed by atoms with van der Waals surface area (Å²) in [5, 5.41) is 2.96. The molecule has 5 nitrogen and oxygen atoms in total. The van der Waals surface area contributed by atoms with E-state index in [1.54, 1.807) is 18.2 Å². The monoisotopic (exact) mass is 533 g/mol. The maximum absolute atomic E-state index is 13.6. The number of hydrogen-bond donors (Lipinski definition) is 1. The Morgan fingerprint density at radius 3 is 2.27 bits per heavy atom. The zero-order valence-corrected chi connectivity index (χ0v) is 22.7. The molecule has 0 aliphatic heterocycles. The van der Waals surface area contributed by atoms with Crippen molar-refractivity contribution in [3.8, 4) is 22.7 Å². The van der Waals surface area contributed by atoms with E-state index in [2.05, 4.69) is 40.8 Å². The van der Waals surface area contributed by atoms with Crippen molar-refractivity contribution < 1.29 is 13.6 Å². The molecule has 1 amide bonds. The maximum Gasteiger partial charge on any atom is 0.291 e. The zero-order valence-electron chi connectivity index (χ0n) is 22.7. The molecular formula is C34H32FN3O2. The summed E-state index contributed by atoms with van der Waals surface area (Å²) < 4.78 is 21.9. The summed E-state index contributed by atoms with van der Waals surface area (Å²) in [5.74, 6) is 0.160. The lowest BCUT2D eigenvalue weighted by atomic mass is 9.78. The number of rotatable bonds is 7. The third-order valence-corrected chi connectivity index (χ3v) is 8.05. The Bertz CT molecular complexity index is 1610. The number of carbonyl (C=O) groups is 1. The van der Waals surface area contributed by atoms with Crippen LogP contribution in [0, 0.1) is 5.82 Å². The highest BCUT2D eigenvalue weighted by atomic mass is 19.1. The maximum atomic E-state index is 13.6. The van der Waals surface area contributed by atoms with Gasteiger partial charge in [0.2, 0.25) is 0 Å². The van der Waals surface area contributed by atoms with Crippen LogP contribution in [0.1, 0.15) is 67.3 Å². The van der Waals surface area contributed by atoms with E-state index < -0.39 is 0 Å². The van der Waals surface area contributed by atoms with Crippen molar-refractivity contribution in [3.63, 3.8) is 0 Å². The van der Waals surface area contributed by atoms with Gasteiger partial charge in [-0.25, -0.2) is 9.37 Å². The molecule has 6 heteroatoms. The van der Waals surface area contributed by atoms with Gasteiger partial charge in [0.05, 0.1) is 12.0 Å². The first-order valence-corrected chi connectivity index (χ1v) is 13.8. The molecule has 1 aliphatic rings. The number of benzene rings is 3. The molecule has 1 fully saturated rings. The number of furan rings is 1. The van der Waals surface area contributed by atoms with Crippen LogP contribution in [0.5, 0.6) is 0 Å². The second-order valence-corrected chi connectivity index (χ2v) is 11.0. The Hall–Kier alpha value is -4.45. The molecule has 1 aliphatic carbocycles. The lowest BCUT2D eigenvalue weighted by molar-refractivity contribution is 0.0997. The van der Waals surface area contributed by atoms with Crippen LogP contribution in [0.15, 0.2) is 102 Å². The van der Waals surface area contributed by atoms with Crippen LogP contribution >= 0.6 is 0 Å². The van der Waals surface area contributed by atoms with E-state index in [1.165, 1.54) is 30.5 Å². The van der Waals surface area contributed by atoms with Crippen LogP contribution < -0.4 is 5.32 Å². The Morgan fingerprint density at radius 1 is 0.900 bits per heavy atom. The van der Waals surface area contributed by atoms with E-state index in [0.29, 0.717) is 23.2 Å². The number of aromatic nitrogens is 2. The summed E-state index contributed by atoms with van der Waals surface area (Å²) in [5.41, 5.74) is 5.24. The van der Waals surface area contributed by atoms with Crippen LogP contribution in [-0.4, -0.2) is 15.5 Å². The first-order valence-electron chi connectivity index (χ1n) is 13.8. The van der Waals surface area contributed by atoms with Gasteiger partial charge in [-0.2, -0.15) is 0 Å². The van der Waals surface area contributed by atoms with Gasteiger partial charge in [0.1, 0.15) is 11.5 Å². The molecule has 0 atom stereocenters. The highest BCUT2D eigenvalue weighted by Gasteiger charge is 2.26. The van der Waals surface area contributed by atoms with E-state index in [1.807, 2.05) is 54.9 Å². The standard InChI is InChI=1S/C34H32FN3O2/c1-34(2,24-8-4-3-5-9-24)25-14-18-27(19-15-25)37-33(39)30-21-20-29(40-30)32-31(23-12-16-26(35)17-13-23)36-22-38(32)28-10-6-7-11-28/h3-5,8-9,12-22,28H,6-7,10-11H2,1-2H3,(H,37,39). The van der Waals surface area contributed by atoms with Gasteiger partial charge in [0.15, 0.2) is 11.5 Å². The highest BCUT2D eigenvalue weighted by molar-refractivity contribution is 6.02. The Balaban J connectivity index is 1.25. The van der Waals surface area contributed by atoms with Crippen molar-refractivity contribution in [2.24, 2.45) is 0 Å². The molecule has 2 heterocycles. The molecular weight excluding hydrogens is 501 g/mol. The van der Waals surface area contributed by atoms with Crippen molar-refractivity contribution in [2.45, 2.75) is 51.0 Å². The first-order chi connectivity index (χ1) is 19.4. The van der Waals surface area contributed by atoms with Gasteiger partial charge in [-0.05, 0) is 72.5 Å². The largest absolute Gasteiger partial charge is 0.449 e. The van der Waals surface area contributed by atoms with E-state index in [0.717, 1.165) is 29.7 Å². The first kappa shape index (κ1) is 25.8. The number of imidazole rings is 1. The molecule has 40 heavy (non-hydrogen) atoms. The number of nitrogens with zero attached hydrogens (tertiary/aromatic N) is 2. The molecule has 0 bridgehead atoms. The topological polar surface area (TPSA) is 60.1 Å². The molecule has 0 unspecified atom stereocenters. The van der Waals surface area contributed by atoms with Crippen LogP contribution in [0.25, 0.3) is 22.7 Å². The number of halogens is 1. The average Bonchev–Trinajstić information content (AvgIpc) is 3.75. The third kappa shape index (κ3) is 4.97. The quantitative estimate of drug-likeness (QED) is 0.228. The predicted octanol–water partition coefficient (Wildman–Crippen LogP) is 8.64. The van der Waals surface area contributed by atoms with Crippen LogP contribution in [-0.2, 0) is 5.41 Å². The normalized spacial score (nSPS) is 14.0. The van der Waals surface area contributed by atoms with Gasteiger partial charge < -0.3 is 14.3 Å². The predicted molar refractivity (Wildman–Crippen MR) is 156 cm³/mol. The second-order valence-electron chi connectivity index (χ2n) is 11.0. The number of anilines is 1. The van der Waals surface area contributed by atoms with Gasteiger partial charge in [-0.1, -0.05) is 69.2 Å². The highest BCUT2D eigenvalue weighted by Crippen LogP contribution is 2.39. The van der Waals surface area contributed by atoms with E-state index in [-0.39, 0.29) is 22.9 Å². The summed E-state index contributed by atoms with van der Waals surface area (Å²) in [6.07, 6.45) is 6.31. The van der Waals surface area contributed by atoms with Crippen molar-refractivity contribution >= 4 is 11.6 Å². The van der Waals surface area contributed by atoms with E-state index in [9.17, 15) is 9.18 Å². The molecule has 0 saturated heterocycles. The fraction of sp³-hybridized carbons (Fsp3) is 0.235. The van der Waals surface area contributed by atoms with Gasteiger partial charge >= 0.3 is 0 Å². The molecule has 3 aromatic carbocycles. The Morgan fingerprint density at radius 2 is 1.57 bits per heavy atom. The fourth-order valence-corrected chi connectivity index (χ4v) is 5.65. The van der Waals surface area contributed by atoms with Gasteiger partial charge in [-0.15, -0.1) is 0 Å². The number of nitrogens with one attached hydrogen (secondary N) is 1. The van der Waals surface area contributed by atoms with E-state index >= 15 is 0 Å². The van der Waals surface area contributed by atoms with Crippen molar-refractivity contribution in [2.75, 3.05) is 5.32 Å². The number of amides is 1. The minimum Gasteiger partial charge on any atom is -0.449 e. The minimum absolute atomic E-state index is 0.162. The molecule has 1 saturated carbocycles.